The number of nitrogens with zero attached hydrogens (tertiary/aromatic N) is 5. The highest BCUT2D eigenvalue weighted by Gasteiger charge is 2.09. The van der Waals surface area contributed by atoms with Gasteiger partial charge in [-0.05, 0) is 12.1 Å². The Hall–Kier alpha value is -2.05. The van der Waals surface area contributed by atoms with Crippen molar-refractivity contribution in [1.82, 2.24) is 19.9 Å². The van der Waals surface area contributed by atoms with Crippen molar-refractivity contribution in [3.8, 4) is 0 Å². The Morgan fingerprint density at radius 2 is 2.38 bits per heavy atom. The molecule has 0 fully saturated rings. The zero-order chi connectivity index (χ0) is 11.5. The van der Waals surface area contributed by atoms with Crippen LogP contribution in [0.4, 0.5) is 11.6 Å². The van der Waals surface area contributed by atoms with Crippen molar-refractivity contribution in [3.63, 3.8) is 0 Å². The van der Waals surface area contributed by atoms with Gasteiger partial charge in [-0.25, -0.2) is 0 Å². The van der Waals surface area contributed by atoms with Crippen LogP contribution in [0.25, 0.3) is 0 Å². The van der Waals surface area contributed by atoms with Crippen LogP contribution in [-0.2, 0) is 6.54 Å². The quantitative estimate of drug-likeness (QED) is 0.803. The molecule has 0 aliphatic carbocycles. The minimum absolute atomic E-state index is 0.432. The van der Waals surface area contributed by atoms with Crippen LogP contribution in [0.2, 0.25) is 0 Å². The van der Waals surface area contributed by atoms with E-state index in [0.29, 0.717) is 24.1 Å². The summed E-state index contributed by atoms with van der Waals surface area (Å²) < 4.78 is 6.75. The Bertz CT molecular complexity index is 462. The van der Waals surface area contributed by atoms with Crippen molar-refractivity contribution in [3.05, 3.63) is 18.3 Å². The van der Waals surface area contributed by atoms with Gasteiger partial charge in [0.05, 0.1) is 11.9 Å². The van der Waals surface area contributed by atoms with Gasteiger partial charge in [0.25, 0.3) is 5.95 Å². The molecule has 7 heteroatoms. The van der Waals surface area contributed by atoms with E-state index in [1.807, 2.05) is 18.9 Å². The summed E-state index contributed by atoms with van der Waals surface area (Å²) in [6, 6.07) is 0. The fourth-order valence-corrected chi connectivity index (χ4v) is 1.21. The van der Waals surface area contributed by atoms with Gasteiger partial charge >= 0.3 is 0 Å². The molecule has 2 aromatic rings. The first-order valence-electron chi connectivity index (χ1n) is 5.00. The zero-order valence-corrected chi connectivity index (χ0v) is 9.29. The molecule has 0 unspecified atom stereocenters. The van der Waals surface area contributed by atoms with E-state index in [4.69, 9.17) is 10.3 Å². The number of nitrogens with two attached hydrogens (primary N) is 1. The standard InChI is InChI=1S/C9H14N6O/c1-3-14(2)9-12-8(16-13-9)6-15-5-7(10)4-11-15/h4-5H,3,6,10H2,1-2H3. The summed E-state index contributed by atoms with van der Waals surface area (Å²) in [6.45, 7) is 3.28. The lowest BCUT2D eigenvalue weighted by molar-refractivity contribution is 0.365. The van der Waals surface area contributed by atoms with E-state index >= 15 is 0 Å². The van der Waals surface area contributed by atoms with Crippen LogP contribution in [0.5, 0.6) is 0 Å². The van der Waals surface area contributed by atoms with Crippen LogP contribution in [0.1, 0.15) is 12.8 Å². The first-order valence-corrected chi connectivity index (χ1v) is 5.00. The van der Waals surface area contributed by atoms with E-state index in [2.05, 4.69) is 15.2 Å². The number of anilines is 2. The molecule has 0 saturated heterocycles. The van der Waals surface area contributed by atoms with Gasteiger partial charge < -0.3 is 15.2 Å². The molecular weight excluding hydrogens is 208 g/mol. The third-order valence-electron chi connectivity index (χ3n) is 2.22. The van der Waals surface area contributed by atoms with Gasteiger partial charge in [0.2, 0.25) is 5.89 Å². The third kappa shape index (κ3) is 2.13. The molecule has 2 N–H and O–H groups in total. The molecule has 0 atom stereocenters. The van der Waals surface area contributed by atoms with Crippen molar-refractivity contribution in [2.24, 2.45) is 0 Å². The molecule has 0 radical (unpaired) electrons. The lowest BCUT2D eigenvalue weighted by Gasteiger charge is -2.08. The van der Waals surface area contributed by atoms with Crippen molar-refractivity contribution in [1.29, 1.82) is 0 Å². The lowest BCUT2D eigenvalue weighted by atomic mass is 10.6. The largest absolute Gasteiger partial charge is 0.396 e. The van der Waals surface area contributed by atoms with E-state index in [0.717, 1.165) is 6.54 Å². The Morgan fingerprint density at radius 3 is 3.00 bits per heavy atom. The molecule has 0 aliphatic heterocycles. The summed E-state index contributed by atoms with van der Waals surface area (Å²) in [5.41, 5.74) is 6.17. The topological polar surface area (TPSA) is 86.0 Å². The highest BCUT2D eigenvalue weighted by Crippen LogP contribution is 2.08. The minimum Gasteiger partial charge on any atom is -0.396 e. The Labute approximate surface area is 92.8 Å². The number of hydrogen-bond donors (Lipinski definition) is 1. The molecule has 16 heavy (non-hydrogen) atoms. The number of nitrogen functional groups attached to an aromatic ring is 1. The summed E-state index contributed by atoms with van der Waals surface area (Å²) in [4.78, 5) is 6.13. The van der Waals surface area contributed by atoms with E-state index in [-0.39, 0.29) is 0 Å². The first-order chi connectivity index (χ1) is 7.69. The SMILES string of the molecule is CCN(C)c1noc(Cn2cc(N)cn2)n1. The predicted molar refractivity (Wildman–Crippen MR) is 59.0 cm³/mol. The van der Waals surface area contributed by atoms with Gasteiger partial charge in [0.1, 0.15) is 6.54 Å². The van der Waals surface area contributed by atoms with E-state index in [1.165, 1.54) is 0 Å². The maximum atomic E-state index is 5.55. The Morgan fingerprint density at radius 1 is 1.56 bits per heavy atom. The van der Waals surface area contributed by atoms with E-state index < -0.39 is 0 Å². The van der Waals surface area contributed by atoms with Gasteiger partial charge in [-0.1, -0.05) is 0 Å². The smallest absolute Gasteiger partial charge is 0.265 e. The monoisotopic (exact) mass is 222 g/mol. The summed E-state index contributed by atoms with van der Waals surface area (Å²) in [7, 11) is 1.90. The zero-order valence-electron chi connectivity index (χ0n) is 9.29. The normalized spacial score (nSPS) is 10.6. The fourth-order valence-electron chi connectivity index (χ4n) is 1.21. The van der Waals surface area contributed by atoms with Crippen molar-refractivity contribution in [2.45, 2.75) is 13.5 Å². The maximum Gasteiger partial charge on any atom is 0.265 e. The molecule has 0 amide bonds. The van der Waals surface area contributed by atoms with Crippen LogP contribution in [0, 0.1) is 0 Å². The molecule has 0 saturated carbocycles. The summed E-state index contributed by atoms with van der Waals surface area (Å²) in [5.74, 6) is 1.09. The summed E-state index contributed by atoms with van der Waals surface area (Å²) in [6.07, 6.45) is 3.29. The second-order valence-corrected chi connectivity index (χ2v) is 3.47. The average Bonchev–Trinajstić information content (AvgIpc) is 2.87. The molecule has 0 spiro atoms. The third-order valence-corrected chi connectivity index (χ3v) is 2.22. The van der Waals surface area contributed by atoms with Gasteiger partial charge in [-0.15, -0.1) is 0 Å². The fraction of sp³-hybridized carbons (Fsp3) is 0.444. The van der Waals surface area contributed by atoms with Gasteiger partial charge in [0, 0.05) is 19.8 Å². The Balaban J connectivity index is 2.08. The molecule has 86 valence electrons. The number of hydrogen-bond acceptors (Lipinski definition) is 6. The highest BCUT2D eigenvalue weighted by molar-refractivity contribution is 5.30. The number of rotatable bonds is 4. The molecule has 2 heterocycles. The predicted octanol–water partition coefficient (Wildman–Crippen LogP) is 0.353. The molecule has 0 aliphatic rings. The minimum atomic E-state index is 0.432. The summed E-state index contributed by atoms with van der Waals surface area (Å²) >= 11 is 0. The molecule has 2 aromatic heterocycles. The highest BCUT2D eigenvalue weighted by atomic mass is 16.5. The van der Waals surface area contributed by atoms with E-state index in [1.54, 1.807) is 17.1 Å². The van der Waals surface area contributed by atoms with Gasteiger partial charge in [0.15, 0.2) is 0 Å². The average molecular weight is 222 g/mol. The molecule has 7 nitrogen and oxygen atoms in total. The molecule has 0 aromatic carbocycles. The van der Waals surface area contributed by atoms with E-state index in [9.17, 15) is 0 Å². The van der Waals surface area contributed by atoms with Crippen LogP contribution in [0.3, 0.4) is 0 Å². The van der Waals surface area contributed by atoms with Gasteiger partial charge in [-0.3, -0.25) is 4.68 Å². The second-order valence-electron chi connectivity index (χ2n) is 3.47. The van der Waals surface area contributed by atoms with Crippen LogP contribution < -0.4 is 10.6 Å². The van der Waals surface area contributed by atoms with Crippen LogP contribution in [-0.4, -0.2) is 33.5 Å². The van der Waals surface area contributed by atoms with Crippen LogP contribution in [0.15, 0.2) is 16.9 Å². The van der Waals surface area contributed by atoms with Crippen molar-refractivity contribution >= 4 is 11.6 Å². The maximum absolute atomic E-state index is 5.55. The number of aromatic nitrogens is 4. The molecular formula is C9H14N6O. The molecule has 2 rings (SSSR count). The second kappa shape index (κ2) is 4.21. The van der Waals surface area contributed by atoms with Crippen molar-refractivity contribution < 1.29 is 4.52 Å². The van der Waals surface area contributed by atoms with Gasteiger partial charge in [-0.2, -0.15) is 10.1 Å². The van der Waals surface area contributed by atoms with Crippen LogP contribution >= 0.6 is 0 Å². The Kier molecular flexibility index (Phi) is 2.76. The molecule has 0 bridgehead atoms. The summed E-state index contributed by atoms with van der Waals surface area (Å²) in [5, 5.41) is 7.89. The lowest BCUT2D eigenvalue weighted by Crippen LogP contribution is -2.17. The first kappa shape index (κ1) is 10.5. The van der Waals surface area contributed by atoms with Crippen molar-refractivity contribution in [2.75, 3.05) is 24.2 Å².